The lowest BCUT2D eigenvalue weighted by atomic mass is 10.3. The molecule has 1 fully saturated rings. The monoisotopic (exact) mass is 172 g/mol. The molecule has 1 aliphatic heterocycles. The number of aliphatic imine (C=N–C) groups is 1. The van der Waals surface area contributed by atoms with Crippen molar-refractivity contribution in [1.29, 1.82) is 0 Å². The van der Waals surface area contributed by atoms with Crippen LogP contribution in [-0.4, -0.2) is 22.9 Å². The number of carbonyl (C=O) groups excluding carboxylic acids is 1. The zero-order valence-electron chi connectivity index (χ0n) is 6.76. The second-order valence-electron chi connectivity index (χ2n) is 2.28. The Bertz CT molecular complexity index is 191. The van der Waals surface area contributed by atoms with Crippen LogP contribution in [0.1, 0.15) is 20.3 Å². The molecular formula is C7H12N2OS. The van der Waals surface area contributed by atoms with Gasteiger partial charge in [-0.05, 0) is 13.3 Å². The molecule has 0 radical (unpaired) electrons. The van der Waals surface area contributed by atoms with Crippen molar-refractivity contribution in [3.63, 3.8) is 0 Å². The zero-order chi connectivity index (χ0) is 8.27. The molecule has 1 saturated heterocycles. The first-order valence-corrected chi connectivity index (χ1v) is 4.67. The number of hydrogen-bond acceptors (Lipinski definition) is 3. The molecule has 1 unspecified atom stereocenters. The van der Waals surface area contributed by atoms with Crippen LogP contribution in [0.25, 0.3) is 0 Å². The highest BCUT2D eigenvalue weighted by Gasteiger charge is 2.27. The molecule has 0 saturated carbocycles. The molecule has 0 spiro atoms. The van der Waals surface area contributed by atoms with Crippen LogP contribution in [0.5, 0.6) is 0 Å². The number of nitrogens with one attached hydrogen (secondary N) is 1. The van der Waals surface area contributed by atoms with Crippen molar-refractivity contribution in [1.82, 2.24) is 5.32 Å². The fraction of sp³-hybridized carbons (Fsp3) is 0.714. The quantitative estimate of drug-likeness (QED) is 0.675. The molecule has 1 atom stereocenters. The van der Waals surface area contributed by atoms with Gasteiger partial charge in [-0.2, -0.15) is 0 Å². The van der Waals surface area contributed by atoms with Crippen LogP contribution in [0.3, 0.4) is 0 Å². The van der Waals surface area contributed by atoms with Crippen molar-refractivity contribution in [3.05, 3.63) is 0 Å². The summed E-state index contributed by atoms with van der Waals surface area (Å²) in [6, 6.07) is 0. The van der Waals surface area contributed by atoms with Gasteiger partial charge >= 0.3 is 0 Å². The SMILES string of the molecule is CCN=C1NC(=O)C(CC)S1. The summed E-state index contributed by atoms with van der Waals surface area (Å²) in [5, 5.41) is 3.60. The Labute approximate surface area is 70.7 Å². The third kappa shape index (κ3) is 1.96. The van der Waals surface area contributed by atoms with Crippen molar-refractivity contribution < 1.29 is 4.79 Å². The van der Waals surface area contributed by atoms with E-state index in [1.54, 1.807) is 0 Å². The standard InChI is InChI=1S/C7H12N2OS/c1-3-5-6(10)9-7(11-5)8-4-2/h5H,3-4H2,1-2H3,(H,8,9,10). The van der Waals surface area contributed by atoms with E-state index < -0.39 is 0 Å². The molecule has 1 rings (SSSR count). The van der Waals surface area contributed by atoms with Gasteiger partial charge < -0.3 is 5.32 Å². The van der Waals surface area contributed by atoms with Gasteiger partial charge in [0.2, 0.25) is 5.91 Å². The van der Waals surface area contributed by atoms with Gasteiger partial charge in [-0.1, -0.05) is 18.7 Å². The van der Waals surface area contributed by atoms with Gasteiger partial charge in [0.15, 0.2) is 5.17 Å². The van der Waals surface area contributed by atoms with E-state index in [0.717, 1.165) is 18.1 Å². The highest BCUT2D eigenvalue weighted by molar-refractivity contribution is 8.15. The summed E-state index contributed by atoms with van der Waals surface area (Å²) in [6.45, 7) is 4.70. The Kier molecular flexibility index (Phi) is 2.93. The second-order valence-corrected chi connectivity index (χ2v) is 3.47. The molecule has 0 aromatic rings. The second kappa shape index (κ2) is 3.76. The molecular weight excluding hydrogens is 160 g/mol. The summed E-state index contributed by atoms with van der Waals surface area (Å²) in [6.07, 6.45) is 0.874. The number of carbonyl (C=O) groups is 1. The molecule has 1 heterocycles. The van der Waals surface area contributed by atoms with Crippen molar-refractivity contribution in [2.45, 2.75) is 25.5 Å². The van der Waals surface area contributed by atoms with Crippen LogP contribution in [0.4, 0.5) is 0 Å². The van der Waals surface area contributed by atoms with Gasteiger partial charge in [0.1, 0.15) is 0 Å². The molecule has 11 heavy (non-hydrogen) atoms. The first-order chi connectivity index (χ1) is 5.27. The van der Waals surface area contributed by atoms with Gasteiger partial charge in [-0.15, -0.1) is 0 Å². The van der Waals surface area contributed by atoms with E-state index in [0.29, 0.717) is 0 Å². The van der Waals surface area contributed by atoms with Gasteiger partial charge in [0.25, 0.3) is 0 Å². The summed E-state index contributed by atoms with van der Waals surface area (Å²) in [7, 11) is 0. The minimum Gasteiger partial charge on any atom is -0.304 e. The highest BCUT2D eigenvalue weighted by Crippen LogP contribution is 2.21. The van der Waals surface area contributed by atoms with E-state index in [9.17, 15) is 4.79 Å². The average Bonchev–Trinajstić information content (AvgIpc) is 2.32. The van der Waals surface area contributed by atoms with Gasteiger partial charge in [0.05, 0.1) is 5.25 Å². The maximum absolute atomic E-state index is 11.1. The summed E-state index contributed by atoms with van der Waals surface area (Å²) in [4.78, 5) is 15.2. The van der Waals surface area contributed by atoms with E-state index in [2.05, 4.69) is 10.3 Å². The molecule has 3 nitrogen and oxygen atoms in total. The third-order valence-corrected chi connectivity index (χ3v) is 2.74. The first-order valence-electron chi connectivity index (χ1n) is 3.79. The average molecular weight is 172 g/mol. The van der Waals surface area contributed by atoms with Crippen LogP contribution in [0, 0.1) is 0 Å². The Morgan fingerprint density at radius 2 is 2.36 bits per heavy atom. The normalized spacial score (nSPS) is 27.6. The predicted molar refractivity (Wildman–Crippen MR) is 47.8 cm³/mol. The Morgan fingerprint density at radius 1 is 1.64 bits per heavy atom. The van der Waals surface area contributed by atoms with Gasteiger partial charge in [-0.25, -0.2) is 0 Å². The van der Waals surface area contributed by atoms with Crippen LogP contribution >= 0.6 is 11.8 Å². The molecule has 0 aliphatic carbocycles. The molecule has 1 amide bonds. The van der Waals surface area contributed by atoms with E-state index >= 15 is 0 Å². The topological polar surface area (TPSA) is 41.5 Å². The number of hydrogen-bond donors (Lipinski definition) is 1. The van der Waals surface area contributed by atoms with E-state index in [-0.39, 0.29) is 11.2 Å². The number of rotatable bonds is 2. The van der Waals surface area contributed by atoms with Crippen LogP contribution in [0.15, 0.2) is 4.99 Å². The summed E-state index contributed by atoms with van der Waals surface area (Å²) < 4.78 is 0. The van der Waals surface area contributed by atoms with E-state index in [1.165, 1.54) is 11.8 Å². The summed E-state index contributed by atoms with van der Waals surface area (Å²) >= 11 is 1.53. The van der Waals surface area contributed by atoms with Crippen LogP contribution in [-0.2, 0) is 4.79 Å². The van der Waals surface area contributed by atoms with Gasteiger partial charge in [0, 0.05) is 6.54 Å². The van der Waals surface area contributed by atoms with Crippen LogP contribution < -0.4 is 5.32 Å². The molecule has 1 N–H and O–H groups in total. The lowest BCUT2D eigenvalue weighted by molar-refractivity contribution is -0.118. The van der Waals surface area contributed by atoms with Crippen molar-refractivity contribution in [3.8, 4) is 0 Å². The first kappa shape index (κ1) is 8.59. The molecule has 0 aromatic heterocycles. The fourth-order valence-electron chi connectivity index (χ4n) is 0.893. The van der Waals surface area contributed by atoms with Crippen molar-refractivity contribution >= 4 is 22.8 Å². The number of thioether (sulfide) groups is 1. The third-order valence-electron chi connectivity index (χ3n) is 1.45. The maximum Gasteiger partial charge on any atom is 0.239 e. The maximum atomic E-state index is 11.1. The number of amides is 1. The van der Waals surface area contributed by atoms with E-state index in [4.69, 9.17) is 0 Å². The fourth-order valence-corrected chi connectivity index (χ4v) is 1.86. The van der Waals surface area contributed by atoms with Crippen LogP contribution in [0.2, 0.25) is 0 Å². The minimum atomic E-state index is 0.0836. The predicted octanol–water partition coefficient (Wildman–Crippen LogP) is 1.00. The minimum absolute atomic E-state index is 0.0836. The van der Waals surface area contributed by atoms with Crippen molar-refractivity contribution in [2.24, 2.45) is 4.99 Å². The smallest absolute Gasteiger partial charge is 0.239 e. The molecule has 4 heteroatoms. The lowest BCUT2D eigenvalue weighted by Gasteiger charge is -1.95. The Balaban J connectivity index is 2.56. The molecule has 62 valence electrons. The van der Waals surface area contributed by atoms with E-state index in [1.807, 2.05) is 13.8 Å². The summed E-state index contributed by atoms with van der Waals surface area (Å²) in [5.74, 6) is 0.102. The van der Waals surface area contributed by atoms with Crippen molar-refractivity contribution in [2.75, 3.05) is 6.54 Å². The highest BCUT2D eigenvalue weighted by atomic mass is 32.2. The largest absolute Gasteiger partial charge is 0.304 e. The molecule has 1 aliphatic rings. The Morgan fingerprint density at radius 3 is 2.82 bits per heavy atom. The zero-order valence-corrected chi connectivity index (χ0v) is 7.57. The molecule has 0 aromatic carbocycles. The Hall–Kier alpha value is -0.510. The number of nitrogens with zero attached hydrogens (tertiary/aromatic N) is 1. The molecule has 0 bridgehead atoms. The number of amidine groups is 1. The summed E-state index contributed by atoms with van der Waals surface area (Å²) in [5.41, 5.74) is 0. The lowest BCUT2D eigenvalue weighted by Crippen LogP contribution is -2.24. The van der Waals surface area contributed by atoms with Gasteiger partial charge in [-0.3, -0.25) is 9.79 Å².